The van der Waals surface area contributed by atoms with Gasteiger partial charge in [-0.05, 0) is 38.8 Å². The number of nitrogens with zero attached hydrogens (tertiary/aromatic N) is 5. The van der Waals surface area contributed by atoms with E-state index in [1.165, 1.54) is 6.33 Å². The maximum Gasteiger partial charge on any atom is 0.410 e. The van der Waals surface area contributed by atoms with Crippen LogP contribution in [0.25, 0.3) is 15.9 Å². The molecule has 0 aromatic carbocycles. The Kier molecular flexibility index (Phi) is 4.08. The van der Waals surface area contributed by atoms with E-state index in [2.05, 4.69) is 14.9 Å². The van der Waals surface area contributed by atoms with Gasteiger partial charge in [0, 0.05) is 13.1 Å². The minimum absolute atomic E-state index is 0.331. The topological polar surface area (TPSA) is 90.1 Å². The van der Waals surface area contributed by atoms with Crippen molar-refractivity contribution in [2.24, 2.45) is 0 Å². The second-order valence-electron chi connectivity index (χ2n) is 6.84. The summed E-state index contributed by atoms with van der Waals surface area (Å²) in [6, 6.07) is 1.69. The number of nitrogens with two attached hydrogens (primary N) is 1. The summed E-state index contributed by atoms with van der Waals surface area (Å²) < 4.78 is 7.04. The third-order valence-corrected chi connectivity index (χ3v) is 3.87. The number of hydrogen-bond acceptors (Lipinski definition) is 5. The van der Waals surface area contributed by atoms with Crippen molar-refractivity contribution in [3.63, 3.8) is 0 Å². The summed E-state index contributed by atoms with van der Waals surface area (Å²) in [5.41, 5.74) is 8.12. The smallest absolute Gasteiger partial charge is 0.410 e. The molecule has 0 spiro atoms. The van der Waals surface area contributed by atoms with Crippen LogP contribution in [-0.2, 0) is 4.74 Å². The van der Waals surface area contributed by atoms with Crippen LogP contribution in [0.5, 0.6) is 0 Å². The molecule has 130 valence electrons. The summed E-state index contributed by atoms with van der Waals surface area (Å²) >= 11 is 0. The van der Waals surface area contributed by atoms with Gasteiger partial charge in [0.15, 0.2) is 0 Å². The van der Waals surface area contributed by atoms with Gasteiger partial charge in [0.2, 0.25) is 5.69 Å². The van der Waals surface area contributed by atoms with E-state index < -0.39 is 5.60 Å². The maximum atomic E-state index is 12.2. The van der Waals surface area contributed by atoms with E-state index in [1.807, 2.05) is 26.8 Å². The Morgan fingerprint density at radius 1 is 1.44 bits per heavy atom. The van der Waals surface area contributed by atoms with E-state index in [-0.39, 0.29) is 6.09 Å². The number of fused-ring (bicyclic) bond motifs is 1. The minimum Gasteiger partial charge on any atom is -0.444 e. The van der Waals surface area contributed by atoms with Gasteiger partial charge < -0.3 is 15.4 Å². The molecule has 2 aromatic rings. The average Bonchev–Trinajstić information content (AvgIpc) is 2.93. The third kappa shape index (κ3) is 3.26. The zero-order valence-electron chi connectivity index (χ0n) is 14.5. The molecule has 3 rings (SSSR count). The summed E-state index contributed by atoms with van der Waals surface area (Å²) in [5, 5.41) is 4.22. The van der Waals surface area contributed by atoms with Gasteiger partial charge in [0.05, 0.1) is 17.8 Å². The van der Waals surface area contributed by atoms with Crippen LogP contribution in [0.4, 0.5) is 16.3 Å². The molecule has 8 heteroatoms. The molecule has 1 aliphatic rings. The van der Waals surface area contributed by atoms with Crippen molar-refractivity contribution in [3.05, 3.63) is 35.6 Å². The number of ether oxygens (including phenoxy) is 1. The number of hydrogen-bond donors (Lipinski definition) is 1. The SMILES string of the molecule is [C-]#[N+]c1cc2c(N)ncnn2c1C1=CCN(C(=O)OC(C)(C)C)CC1. The van der Waals surface area contributed by atoms with Gasteiger partial charge in [-0.15, -0.1) is 0 Å². The van der Waals surface area contributed by atoms with E-state index in [4.69, 9.17) is 17.0 Å². The Hall–Kier alpha value is -3.08. The van der Waals surface area contributed by atoms with Gasteiger partial charge in [-0.25, -0.2) is 19.1 Å². The monoisotopic (exact) mass is 340 g/mol. The lowest BCUT2D eigenvalue weighted by molar-refractivity contribution is 0.0270. The Morgan fingerprint density at radius 2 is 2.20 bits per heavy atom. The second-order valence-corrected chi connectivity index (χ2v) is 6.84. The quantitative estimate of drug-likeness (QED) is 0.806. The van der Waals surface area contributed by atoms with Crippen molar-refractivity contribution in [1.82, 2.24) is 19.5 Å². The summed E-state index contributed by atoms with van der Waals surface area (Å²) in [7, 11) is 0. The van der Waals surface area contributed by atoms with E-state index in [1.54, 1.807) is 15.5 Å². The molecular formula is C17H20N6O2. The van der Waals surface area contributed by atoms with Crippen LogP contribution >= 0.6 is 0 Å². The molecule has 0 atom stereocenters. The molecule has 0 aliphatic carbocycles. The van der Waals surface area contributed by atoms with E-state index >= 15 is 0 Å². The van der Waals surface area contributed by atoms with E-state index in [9.17, 15) is 4.79 Å². The number of carbonyl (C=O) groups is 1. The highest BCUT2D eigenvalue weighted by Gasteiger charge is 2.26. The lowest BCUT2D eigenvalue weighted by Gasteiger charge is -2.29. The molecule has 0 fully saturated rings. The summed E-state index contributed by atoms with van der Waals surface area (Å²) in [5.74, 6) is 0.331. The fourth-order valence-corrected chi connectivity index (χ4v) is 2.76. The molecule has 2 N–H and O–H groups in total. The van der Waals surface area contributed by atoms with Gasteiger partial charge in [0.1, 0.15) is 17.7 Å². The number of carbonyl (C=O) groups excluding carboxylic acids is 1. The van der Waals surface area contributed by atoms with Gasteiger partial charge >= 0.3 is 6.09 Å². The number of anilines is 1. The summed E-state index contributed by atoms with van der Waals surface area (Å²) in [4.78, 5) is 21.4. The molecule has 8 nitrogen and oxygen atoms in total. The maximum absolute atomic E-state index is 12.2. The number of nitrogen functional groups attached to an aromatic ring is 1. The third-order valence-electron chi connectivity index (χ3n) is 3.87. The number of rotatable bonds is 1. The van der Waals surface area contributed by atoms with Crippen molar-refractivity contribution >= 4 is 28.7 Å². The molecule has 0 saturated heterocycles. The summed E-state index contributed by atoms with van der Waals surface area (Å²) in [6.07, 6.45) is 3.58. The van der Waals surface area contributed by atoms with Crippen LogP contribution in [0, 0.1) is 6.57 Å². The first kappa shape index (κ1) is 16.8. The van der Waals surface area contributed by atoms with Crippen LogP contribution in [0.15, 0.2) is 18.5 Å². The van der Waals surface area contributed by atoms with Crippen molar-refractivity contribution in [1.29, 1.82) is 0 Å². The molecule has 0 bridgehead atoms. The molecule has 2 aromatic heterocycles. The minimum atomic E-state index is -0.523. The molecule has 0 radical (unpaired) electrons. The average molecular weight is 340 g/mol. The molecule has 3 heterocycles. The Balaban J connectivity index is 1.90. The lowest BCUT2D eigenvalue weighted by Crippen LogP contribution is -2.39. The predicted molar refractivity (Wildman–Crippen MR) is 94.1 cm³/mol. The molecule has 25 heavy (non-hydrogen) atoms. The van der Waals surface area contributed by atoms with Crippen molar-refractivity contribution in [2.75, 3.05) is 18.8 Å². The number of aromatic nitrogens is 3. The van der Waals surface area contributed by atoms with Crippen molar-refractivity contribution < 1.29 is 9.53 Å². The largest absolute Gasteiger partial charge is 0.444 e. The first-order chi connectivity index (χ1) is 11.8. The standard InChI is InChI=1S/C17H20N6O2/c1-17(2,3)25-16(24)22-7-5-11(6-8-22)14-12(19-4)9-13-15(18)20-10-21-23(13)14/h5,9-10H,6-8H2,1-3H3,(H2,18,20,21). The first-order valence-corrected chi connectivity index (χ1v) is 7.97. The Morgan fingerprint density at radius 3 is 2.80 bits per heavy atom. The van der Waals surface area contributed by atoms with Gasteiger partial charge in [-0.2, -0.15) is 5.10 Å². The van der Waals surface area contributed by atoms with Crippen molar-refractivity contribution in [3.8, 4) is 0 Å². The molecule has 0 saturated carbocycles. The molecule has 1 amide bonds. The number of amides is 1. The zero-order chi connectivity index (χ0) is 18.2. The van der Waals surface area contributed by atoms with E-state index in [0.717, 1.165) is 5.57 Å². The van der Waals surface area contributed by atoms with Gasteiger partial charge in [0.25, 0.3) is 0 Å². The lowest BCUT2D eigenvalue weighted by atomic mass is 10.0. The summed E-state index contributed by atoms with van der Waals surface area (Å²) in [6.45, 7) is 13.9. The fraction of sp³-hybridized carbons (Fsp3) is 0.412. The normalized spacial score (nSPS) is 15.0. The van der Waals surface area contributed by atoms with Gasteiger partial charge in [-0.1, -0.05) is 6.08 Å². The Labute approximate surface area is 145 Å². The van der Waals surface area contributed by atoms with Crippen LogP contribution in [-0.4, -0.2) is 44.3 Å². The van der Waals surface area contributed by atoms with E-state index in [0.29, 0.717) is 42.2 Å². The first-order valence-electron chi connectivity index (χ1n) is 7.97. The molecule has 1 aliphatic heterocycles. The van der Waals surface area contributed by atoms with Crippen molar-refractivity contribution in [2.45, 2.75) is 32.8 Å². The van der Waals surface area contributed by atoms with Crippen LogP contribution in [0.1, 0.15) is 32.9 Å². The fourth-order valence-electron chi connectivity index (χ4n) is 2.76. The highest BCUT2D eigenvalue weighted by atomic mass is 16.6. The van der Waals surface area contributed by atoms with Crippen LogP contribution < -0.4 is 5.73 Å². The van der Waals surface area contributed by atoms with Crippen LogP contribution in [0.2, 0.25) is 0 Å². The zero-order valence-corrected chi connectivity index (χ0v) is 14.5. The highest BCUT2D eigenvalue weighted by molar-refractivity contribution is 5.84. The highest BCUT2D eigenvalue weighted by Crippen LogP contribution is 2.34. The molecular weight excluding hydrogens is 320 g/mol. The van der Waals surface area contributed by atoms with Gasteiger partial charge in [-0.3, -0.25) is 0 Å². The predicted octanol–water partition coefficient (Wildman–Crippen LogP) is 2.89. The Bertz CT molecular complexity index is 900. The van der Waals surface area contributed by atoms with Crippen LogP contribution in [0.3, 0.4) is 0 Å². The molecule has 0 unspecified atom stereocenters. The second kappa shape index (κ2) is 6.09.